The maximum atomic E-state index is 11.0. The Kier molecular flexibility index (Phi) is 7.26. The lowest BCUT2D eigenvalue weighted by Gasteiger charge is -2.01. The maximum absolute atomic E-state index is 11.0. The third-order valence-electron chi connectivity index (χ3n) is 1.72. The van der Waals surface area contributed by atoms with Crippen LogP contribution < -0.4 is 0 Å². The number of hydrogen-bond donors (Lipinski definition) is 0. The SMILES string of the molecule is CCCCOC(=O)C(=O)CCCC. The van der Waals surface area contributed by atoms with Crippen LogP contribution in [0.3, 0.4) is 0 Å². The molecule has 0 aromatic heterocycles. The van der Waals surface area contributed by atoms with Crippen LogP contribution in [-0.4, -0.2) is 18.4 Å². The average molecular weight is 186 g/mol. The number of esters is 1. The molecule has 0 bridgehead atoms. The van der Waals surface area contributed by atoms with E-state index in [-0.39, 0.29) is 0 Å². The Hall–Kier alpha value is -0.860. The van der Waals surface area contributed by atoms with Crippen molar-refractivity contribution in [1.29, 1.82) is 0 Å². The van der Waals surface area contributed by atoms with Gasteiger partial charge in [-0.2, -0.15) is 0 Å². The summed E-state index contributed by atoms with van der Waals surface area (Å²) in [5, 5.41) is 0. The monoisotopic (exact) mass is 186 g/mol. The summed E-state index contributed by atoms with van der Waals surface area (Å²) in [7, 11) is 0. The van der Waals surface area contributed by atoms with Crippen molar-refractivity contribution >= 4 is 11.8 Å². The Labute approximate surface area is 79.5 Å². The fraction of sp³-hybridized carbons (Fsp3) is 0.800. The van der Waals surface area contributed by atoms with Gasteiger partial charge in [0.1, 0.15) is 0 Å². The molecule has 0 saturated carbocycles. The maximum Gasteiger partial charge on any atom is 0.374 e. The van der Waals surface area contributed by atoms with Crippen LogP contribution in [-0.2, 0) is 14.3 Å². The standard InChI is InChI=1S/C10H18O3/c1-3-5-7-9(11)10(12)13-8-6-4-2/h3-8H2,1-2H3. The summed E-state index contributed by atoms with van der Waals surface area (Å²) in [6, 6.07) is 0. The van der Waals surface area contributed by atoms with Crippen LogP contribution in [0.4, 0.5) is 0 Å². The third-order valence-corrected chi connectivity index (χ3v) is 1.72. The molecule has 0 fully saturated rings. The van der Waals surface area contributed by atoms with Gasteiger partial charge < -0.3 is 4.74 Å². The van der Waals surface area contributed by atoms with Gasteiger partial charge in [-0.25, -0.2) is 4.79 Å². The average Bonchev–Trinajstić information content (AvgIpc) is 2.14. The first-order valence-electron chi connectivity index (χ1n) is 4.92. The number of carbonyl (C=O) groups is 2. The molecular weight excluding hydrogens is 168 g/mol. The molecule has 0 spiro atoms. The predicted molar refractivity (Wildman–Crippen MR) is 50.4 cm³/mol. The number of hydrogen-bond acceptors (Lipinski definition) is 3. The van der Waals surface area contributed by atoms with Gasteiger partial charge in [-0.05, 0) is 12.8 Å². The molecule has 0 aromatic rings. The normalized spacial score (nSPS) is 9.69. The third kappa shape index (κ3) is 6.31. The molecule has 76 valence electrons. The van der Waals surface area contributed by atoms with Crippen LogP contribution in [0.2, 0.25) is 0 Å². The van der Waals surface area contributed by atoms with Gasteiger partial charge in [0.05, 0.1) is 6.61 Å². The number of ketones is 1. The van der Waals surface area contributed by atoms with Crippen LogP contribution in [0.15, 0.2) is 0 Å². The first-order chi connectivity index (χ1) is 6.22. The van der Waals surface area contributed by atoms with E-state index in [9.17, 15) is 9.59 Å². The minimum Gasteiger partial charge on any atom is -0.460 e. The molecule has 0 aromatic carbocycles. The Morgan fingerprint density at radius 2 is 1.69 bits per heavy atom. The highest BCUT2D eigenvalue weighted by Crippen LogP contribution is 1.97. The Balaban J connectivity index is 3.51. The van der Waals surface area contributed by atoms with Crippen molar-refractivity contribution in [3.05, 3.63) is 0 Å². The lowest BCUT2D eigenvalue weighted by atomic mass is 10.2. The van der Waals surface area contributed by atoms with E-state index in [1.807, 2.05) is 13.8 Å². The Morgan fingerprint density at radius 1 is 1.08 bits per heavy atom. The van der Waals surface area contributed by atoms with Gasteiger partial charge >= 0.3 is 5.97 Å². The molecule has 0 N–H and O–H groups in total. The number of carbonyl (C=O) groups excluding carboxylic acids is 2. The number of Topliss-reactive ketones (excluding diaryl/α,β-unsaturated/α-hetero) is 1. The van der Waals surface area contributed by atoms with Crippen molar-refractivity contribution in [3.63, 3.8) is 0 Å². The summed E-state index contributed by atoms with van der Waals surface area (Å²) < 4.78 is 4.75. The van der Waals surface area contributed by atoms with Gasteiger partial charge in [0, 0.05) is 6.42 Å². The van der Waals surface area contributed by atoms with Crippen molar-refractivity contribution in [2.24, 2.45) is 0 Å². The van der Waals surface area contributed by atoms with Gasteiger partial charge in [-0.1, -0.05) is 26.7 Å². The molecule has 0 aliphatic carbocycles. The van der Waals surface area contributed by atoms with Crippen LogP contribution in [0.1, 0.15) is 46.0 Å². The Morgan fingerprint density at radius 3 is 2.23 bits per heavy atom. The summed E-state index contributed by atoms with van der Waals surface area (Å²) >= 11 is 0. The molecule has 13 heavy (non-hydrogen) atoms. The van der Waals surface area contributed by atoms with Crippen molar-refractivity contribution in [2.45, 2.75) is 46.0 Å². The molecule has 3 heteroatoms. The smallest absolute Gasteiger partial charge is 0.374 e. The second-order valence-electron chi connectivity index (χ2n) is 3.02. The summed E-state index contributed by atoms with van der Waals surface area (Å²) in [4.78, 5) is 22.0. The van der Waals surface area contributed by atoms with Gasteiger partial charge in [0.25, 0.3) is 0 Å². The second-order valence-corrected chi connectivity index (χ2v) is 3.02. The molecule has 0 saturated heterocycles. The van der Waals surface area contributed by atoms with Gasteiger partial charge in [0.2, 0.25) is 5.78 Å². The fourth-order valence-electron chi connectivity index (χ4n) is 0.829. The molecule has 0 radical (unpaired) electrons. The first kappa shape index (κ1) is 12.1. The van der Waals surface area contributed by atoms with Crippen molar-refractivity contribution in [3.8, 4) is 0 Å². The quantitative estimate of drug-likeness (QED) is 0.347. The molecule has 0 rings (SSSR count). The van der Waals surface area contributed by atoms with E-state index in [2.05, 4.69) is 0 Å². The summed E-state index contributed by atoms with van der Waals surface area (Å²) in [6.45, 7) is 4.36. The lowest BCUT2D eigenvalue weighted by Crippen LogP contribution is -2.17. The molecular formula is C10H18O3. The predicted octanol–water partition coefficient (Wildman–Crippen LogP) is 2.09. The summed E-state index contributed by atoms with van der Waals surface area (Å²) in [5.74, 6) is -1.06. The highest BCUT2D eigenvalue weighted by atomic mass is 16.5. The van der Waals surface area contributed by atoms with Crippen LogP contribution in [0.25, 0.3) is 0 Å². The van der Waals surface area contributed by atoms with Crippen LogP contribution in [0.5, 0.6) is 0 Å². The van der Waals surface area contributed by atoms with Gasteiger partial charge in [-0.3, -0.25) is 4.79 Å². The largest absolute Gasteiger partial charge is 0.460 e. The van der Waals surface area contributed by atoms with E-state index in [1.165, 1.54) is 0 Å². The topological polar surface area (TPSA) is 43.4 Å². The molecule has 3 nitrogen and oxygen atoms in total. The lowest BCUT2D eigenvalue weighted by molar-refractivity contribution is -0.154. The van der Waals surface area contributed by atoms with E-state index in [4.69, 9.17) is 4.74 Å². The van der Waals surface area contributed by atoms with E-state index in [1.54, 1.807) is 0 Å². The number of unbranched alkanes of at least 4 members (excludes halogenated alkanes) is 2. The van der Waals surface area contributed by atoms with E-state index in [0.29, 0.717) is 13.0 Å². The molecule has 0 atom stereocenters. The molecule has 0 unspecified atom stereocenters. The first-order valence-corrected chi connectivity index (χ1v) is 4.92. The highest BCUT2D eigenvalue weighted by Gasteiger charge is 2.13. The zero-order valence-corrected chi connectivity index (χ0v) is 8.47. The molecule has 0 aliphatic rings. The number of ether oxygens (including phenoxy) is 1. The summed E-state index contributed by atoms with van der Waals surface area (Å²) in [6.07, 6.45) is 3.81. The van der Waals surface area contributed by atoms with Crippen molar-refractivity contribution < 1.29 is 14.3 Å². The van der Waals surface area contributed by atoms with E-state index >= 15 is 0 Å². The molecule has 0 amide bonds. The van der Waals surface area contributed by atoms with E-state index in [0.717, 1.165) is 25.7 Å². The highest BCUT2D eigenvalue weighted by molar-refractivity contribution is 6.33. The van der Waals surface area contributed by atoms with Gasteiger partial charge in [0.15, 0.2) is 0 Å². The minimum atomic E-state index is -0.665. The fourth-order valence-corrected chi connectivity index (χ4v) is 0.829. The Bertz CT molecular complexity index is 164. The zero-order valence-electron chi connectivity index (χ0n) is 8.47. The van der Waals surface area contributed by atoms with Gasteiger partial charge in [-0.15, -0.1) is 0 Å². The van der Waals surface area contributed by atoms with Crippen LogP contribution >= 0.6 is 0 Å². The van der Waals surface area contributed by atoms with E-state index < -0.39 is 11.8 Å². The summed E-state index contributed by atoms with van der Waals surface area (Å²) in [5.41, 5.74) is 0. The van der Waals surface area contributed by atoms with Crippen LogP contribution in [0, 0.1) is 0 Å². The molecule has 0 heterocycles. The minimum absolute atomic E-state index is 0.321. The second kappa shape index (κ2) is 7.77. The molecule has 0 aliphatic heterocycles. The van der Waals surface area contributed by atoms with Crippen molar-refractivity contribution in [2.75, 3.05) is 6.61 Å². The zero-order chi connectivity index (χ0) is 10.1. The van der Waals surface area contributed by atoms with Crippen molar-refractivity contribution in [1.82, 2.24) is 0 Å². The number of rotatable bonds is 7.